The van der Waals surface area contributed by atoms with Gasteiger partial charge in [0, 0.05) is 29.5 Å². The van der Waals surface area contributed by atoms with Gasteiger partial charge in [-0.25, -0.2) is 4.98 Å². The van der Waals surface area contributed by atoms with E-state index in [0.717, 1.165) is 11.3 Å². The van der Waals surface area contributed by atoms with Crippen molar-refractivity contribution < 1.29 is 14.1 Å². The van der Waals surface area contributed by atoms with Gasteiger partial charge in [-0.2, -0.15) is 0 Å². The maximum atomic E-state index is 12.9. The summed E-state index contributed by atoms with van der Waals surface area (Å²) >= 11 is 1.72. The molecule has 3 heterocycles. The smallest absolute Gasteiger partial charge is 0.303 e. The third kappa shape index (κ3) is 3.59. The van der Waals surface area contributed by atoms with Gasteiger partial charge in [0.1, 0.15) is 10.7 Å². The zero-order valence-electron chi connectivity index (χ0n) is 15.4. The van der Waals surface area contributed by atoms with Gasteiger partial charge in [0.05, 0.1) is 16.5 Å². The standard InChI is InChI=1S/C21H20N2O3S2/c1-14-6-4-7-17-20(14)15(13-27-17)12-16-21(28(26)11-5-9-19(24)25)22-18-8-2-3-10-23(16)18/h2-4,6-8,10,13H,5,9,11-12H2,1H3,(H,24,25). The highest BCUT2D eigenvalue weighted by atomic mass is 32.2. The number of carbonyl (C=O) groups is 1. The lowest BCUT2D eigenvalue weighted by Gasteiger charge is -2.06. The van der Waals surface area contributed by atoms with Gasteiger partial charge in [0.25, 0.3) is 0 Å². The van der Waals surface area contributed by atoms with E-state index in [9.17, 15) is 9.00 Å². The Labute approximate surface area is 169 Å². The molecular weight excluding hydrogens is 392 g/mol. The fraction of sp³-hybridized carbons (Fsp3) is 0.238. The molecule has 0 fully saturated rings. The molecular formula is C21H20N2O3S2. The second-order valence-corrected chi connectivity index (χ2v) is 9.12. The van der Waals surface area contributed by atoms with Crippen molar-refractivity contribution in [2.45, 2.75) is 31.2 Å². The van der Waals surface area contributed by atoms with Gasteiger partial charge in [-0.05, 0) is 53.4 Å². The molecule has 1 atom stereocenters. The van der Waals surface area contributed by atoms with Crippen LogP contribution in [0.5, 0.6) is 0 Å². The molecule has 0 radical (unpaired) electrons. The Kier molecular flexibility index (Phi) is 5.28. The molecule has 4 rings (SSSR count). The molecule has 1 N–H and O–H groups in total. The van der Waals surface area contributed by atoms with E-state index in [0.29, 0.717) is 23.6 Å². The maximum absolute atomic E-state index is 12.9. The van der Waals surface area contributed by atoms with Crippen molar-refractivity contribution in [2.24, 2.45) is 0 Å². The number of carboxylic acid groups (broad SMARTS) is 1. The van der Waals surface area contributed by atoms with Crippen molar-refractivity contribution in [3.63, 3.8) is 0 Å². The van der Waals surface area contributed by atoms with Crippen LogP contribution in [0.3, 0.4) is 0 Å². The number of imidazole rings is 1. The van der Waals surface area contributed by atoms with Crippen LogP contribution in [0.2, 0.25) is 0 Å². The monoisotopic (exact) mass is 412 g/mol. The van der Waals surface area contributed by atoms with E-state index in [-0.39, 0.29) is 6.42 Å². The fourth-order valence-electron chi connectivity index (χ4n) is 3.47. The van der Waals surface area contributed by atoms with Crippen LogP contribution >= 0.6 is 11.3 Å². The number of pyridine rings is 1. The van der Waals surface area contributed by atoms with Gasteiger partial charge in [0.2, 0.25) is 0 Å². The number of nitrogens with zero attached hydrogens (tertiary/aromatic N) is 2. The Bertz CT molecular complexity index is 1190. The molecule has 0 saturated heterocycles. The number of carboxylic acids is 1. The molecule has 1 aromatic carbocycles. The van der Waals surface area contributed by atoms with Crippen molar-refractivity contribution in [1.82, 2.24) is 9.38 Å². The second-order valence-electron chi connectivity index (χ2n) is 6.73. The van der Waals surface area contributed by atoms with Crippen molar-refractivity contribution in [3.8, 4) is 0 Å². The summed E-state index contributed by atoms with van der Waals surface area (Å²) in [5.74, 6) is -0.570. The molecule has 0 saturated carbocycles. The molecule has 7 heteroatoms. The minimum absolute atomic E-state index is 0.0167. The van der Waals surface area contributed by atoms with Crippen LogP contribution in [-0.4, -0.2) is 30.4 Å². The maximum Gasteiger partial charge on any atom is 0.303 e. The number of aryl methyl sites for hydroxylation is 1. The number of fused-ring (bicyclic) bond motifs is 2. The second kappa shape index (κ2) is 7.85. The number of hydrogen-bond acceptors (Lipinski definition) is 4. The first-order valence-corrected chi connectivity index (χ1v) is 11.3. The van der Waals surface area contributed by atoms with Crippen LogP contribution in [0, 0.1) is 6.92 Å². The Balaban J connectivity index is 1.74. The highest BCUT2D eigenvalue weighted by Gasteiger charge is 2.19. The molecule has 4 aromatic rings. The summed E-state index contributed by atoms with van der Waals surface area (Å²) in [4.78, 5) is 15.4. The number of benzene rings is 1. The Hall–Kier alpha value is -2.51. The summed E-state index contributed by atoms with van der Waals surface area (Å²) in [6.45, 7) is 2.11. The molecule has 0 amide bonds. The lowest BCUT2D eigenvalue weighted by Crippen LogP contribution is -2.06. The lowest BCUT2D eigenvalue weighted by molar-refractivity contribution is -0.137. The van der Waals surface area contributed by atoms with Gasteiger partial charge >= 0.3 is 5.97 Å². The number of rotatable bonds is 7. The molecule has 0 aliphatic heterocycles. The predicted molar refractivity (Wildman–Crippen MR) is 113 cm³/mol. The van der Waals surface area contributed by atoms with E-state index in [4.69, 9.17) is 5.11 Å². The predicted octanol–water partition coefficient (Wildman–Crippen LogP) is 4.42. The minimum atomic E-state index is -1.34. The minimum Gasteiger partial charge on any atom is -0.481 e. The van der Waals surface area contributed by atoms with Crippen molar-refractivity contribution >= 4 is 43.8 Å². The SMILES string of the molecule is Cc1cccc2scc(Cc3c(S(=O)CCCC(=O)O)nc4ccccn34)c12. The third-order valence-corrected chi connectivity index (χ3v) is 7.18. The van der Waals surface area contributed by atoms with Crippen molar-refractivity contribution in [3.05, 3.63) is 64.8 Å². The quantitative estimate of drug-likeness (QED) is 0.488. The first-order valence-electron chi connectivity index (χ1n) is 9.06. The van der Waals surface area contributed by atoms with Crippen LogP contribution in [0.4, 0.5) is 0 Å². The topological polar surface area (TPSA) is 71.7 Å². The Morgan fingerprint density at radius 3 is 2.93 bits per heavy atom. The molecule has 3 aromatic heterocycles. The van der Waals surface area contributed by atoms with Crippen LogP contribution in [-0.2, 0) is 22.0 Å². The summed E-state index contributed by atoms with van der Waals surface area (Å²) in [5, 5.41) is 12.8. The summed E-state index contributed by atoms with van der Waals surface area (Å²) in [6, 6.07) is 12.0. The van der Waals surface area contributed by atoms with E-state index in [1.807, 2.05) is 28.8 Å². The molecule has 144 valence electrons. The van der Waals surface area contributed by atoms with Crippen LogP contribution < -0.4 is 0 Å². The molecule has 5 nitrogen and oxygen atoms in total. The lowest BCUT2D eigenvalue weighted by atomic mass is 10.0. The van der Waals surface area contributed by atoms with Gasteiger partial charge in [0.15, 0.2) is 0 Å². The summed E-state index contributed by atoms with van der Waals surface area (Å²) < 4.78 is 16.2. The van der Waals surface area contributed by atoms with Crippen LogP contribution in [0.25, 0.3) is 15.7 Å². The van der Waals surface area contributed by atoms with Crippen molar-refractivity contribution in [1.29, 1.82) is 0 Å². The number of thiophene rings is 1. The van der Waals surface area contributed by atoms with Gasteiger partial charge in [-0.3, -0.25) is 9.00 Å². The molecule has 0 bridgehead atoms. The average Bonchev–Trinajstić information content (AvgIpc) is 3.25. The van der Waals surface area contributed by atoms with E-state index in [2.05, 4.69) is 35.5 Å². The van der Waals surface area contributed by atoms with Gasteiger partial charge < -0.3 is 9.51 Å². The normalized spacial score (nSPS) is 12.6. The molecule has 0 spiro atoms. The number of hydrogen-bond donors (Lipinski definition) is 1. The molecule has 0 aliphatic carbocycles. The van der Waals surface area contributed by atoms with Crippen molar-refractivity contribution in [2.75, 3.05) is 5.75 Å². The molecule has 1 unspecified atom stereocenters. The number of aromatic nitrogens is 2. The van der Waals surface area contributed by atoms with E-state index < -0.39 is 16.8 Å². The molecule has 28 heavy (non-hydrogen) atoms. The Morgan fingerprint density at radius 2 is 2.11 bits per heavy atom. The summed E-state index contributed by atoms with van der Waals surface area (Å²) in [6.07, 6.45) is 2.96. The first kappa shape index (κ1) is 18.8. The Morgan fingerprint density at radius 1 is 1.25 bits per heavy atom. The van der Waals surface area contributed by atoms with E-state index in [1.54, 1.807) is 11.3 Å². The highest BCUT2D eigenvalue weighted by Crippen LogP contribution is 2.31. The van der Waals surface area contributed by atoms with Gasteiger partial charge in [-0.15, -0.1) is 11.3 Å². The third-order valence-electron chi connectivity index (χ3n) is 4.77. The molecule has 0 aliphatic rings. The summed E-state index contributed by atoms with van der Waals surface area (Å²) in [7, 11) is -1.34. The number of aliphatic carboxylic acids is 1. The average molecular weight is 413 g/mol. The fourth-order valence-corrected chi connectivity index (χ4v) is 5.74. The zero-order chi connectivity index (χ0) is 19.7. The van der Waals surface area contributed by atoms with E-state index >= 15 is 0 Å². The zero-order valence-corrected chi connectivity index (χ0v) is 17.1. The highest BCUT2D eigenvalue weighted by molar-refractivity contribution is 7.85. The van der Waals surface area contributed by atoms with E-state index in [1.165, 1.54) is 21.2 Å². The van der Waals surface area contributed by atoms with Crippen LogP contribution in [0.15, 0.2) is 53.0 Å². The largest absolute Gasteiger partial charge is 0.481 e. The summed E-state index contributed by atoms with van der Waals surface area (Å²) in [5.41, 5.74) is 4.10. The first-order chi connectivity index (χ1) is 13.5. The van der Waals surface area contributed by atoms with Crippen LogP contribution in [0.1, 0.15) is 29.7 Å². The van der Waals surface area contributed by atoms with Gasteiger partial charge in [-0.1, -0.05) is 18.2 Å².